The van der Waals surface area contributed by atoms with Crippen LogP contribution in [0.15, 0.2) is 30.6 Å². The first-order valence-corrected chi connectivity index (χ1v) is 7.73. The van der Waals surface area contributed by atoms with E-state index < -0.39 is 22.9 Å². The molecular formula is C14H10FIN3O2P. The van der Waals surface area contributed by atoms with Crippen LogP contribution in [0.25, 0.3) is 11.0 Å². The lowest BCUT2D eigenvalue weighted by Gasteiger charge is -2.06. The van der Waals surface area contributed by atoms with Crippen LogP contribution in [0, 0.1) is 9.39 Å². The number of anilines is 1. The van der Waals surface area contributed by atoms with E-state index >= 15 is 0 Å². The van der Waals surface area contributed by atoms with Crippen molar-refractivity contribution in [3.05, 3.63) is 51.1 Å². The van der Waals surface area contributed by atoms with Gasteiger partial charge in [0, 0.05) is 21.4 Å². The number of hydrogen-bond donors (Lipinski definition) is 2. The van der Waals surface area contributed by atoms with Crippen LogP contribution in [0.1, 0.15) is 15.9 Å². The van der Waals surface area contributed by atoms with Gasteiger partial charge in [0.1, 0.15) is 17.0 Å². The van der Waals surface area contributed by atoms with E-state index in [1.54, 1.807) is 16.6 Å². The van der Waals surface area contributed by atoms with Crippen molar-refractivity contribution < 1.29 is 14.3 Å². The van der Waals surface area contributed by atoms with Gasteiger partial charge in [0.05, 0.1) is 11.3 Å². The molecule has 0 radical (unpaired) electrons. The van der Waals surface area contributed by atoms with Gasteiger partial charge in [-0.05, 0) is 50.2 Å². The summed E-state index contributed by atoms with van der Waals surface area (Å²) in [6.45, 7) is 0. The Labute approximate surface area is 140 Å². The minimum absolute atomic E-state index is 0.191. The summed E-state index contributed by atoms with van der Waals surface area (Å²) in [7, 11) is 2.42. The van der Waals surface area contributed by atoms with Crippen molar-refractivity contribution in [2.75, 3.05) is 5.73 Å². The molecular weight excluding hydrogens is 419 g/mol. The molecule has 5 nitrogen and oxygen atoms in total. The van der Waals surface area contributed by atoms with Gasteiger partial charge in [0.2, 0.25) is 5.78 Å². The molecule has 1 atom stereocenters. The number of pyridine rings is 1. The van der Waals surface area contributed by atoms with Gasteiger partial charge in [-0.1, -0.05) is 0 Å². The van der Waals surface area contributed by atoms with Gasteiger partial charge in [-0.15, -0.1) is 0 Å². The molecule has 1 unspecified atom stereocenters. The molecule has 3 rings (SSSR count). The normalized spacial score (nSPS) is 11.0. The summed E-state index contributed by atoms with van der Waals surface area (Å²) in [5.41, 5.74) is 5.67. The van der Waals surface area contributed by atoms with Gasteiger partial charge >= 0.3 is 0 Å². The standard InChI is InChI=1S/C14H10FIN3O2P/c15-12-9(17)1-2-10(20)11(12)13(21)8-5-19(22)14-7(8)3-6(16)4-18-14/h1-5,20H,17,22H2. The summed E-state index contributed by atoms with van der Waals surface area (Å²) in [4.78, 5) is 16.9. The van der Waals surface area contributed by atoms with E-state index in [1.807, 2.05) is 0 Å². The van der Waals surface area contributed by atoms with Crippen molar-refractivity contribution in [1.29, 1.82) is 0 Å². The Bertz CT molecular complexity index is 926. The highest BCUT2D eigenvalue weighted by atomic mass is 127. The number of rotatable bonds is 2. The minimum atomic E-state index is -0.923. The number of fused-ring (bicyclic) bond motifs is 1. The summed E-state index contributed by atoms with van der Waals surface area (Å²) in [5, 5.41) is 10.4. The first-order valence-electron chi connectivity index (χ1n) is 6.13. The van der Waals surface area contributed by atoms with Crippen LogP contribution in [0.2, 0.25) is 0 Å². The van der Waals surface area contributed by atoms with Crippen LogP contribution >= 0.6 is 32.0 Å². The van der Waals surface area contributed by atoms with E-state index in [0.29, 0.717) is 11.0 Å². The largest absolute Gasteiger partial charge is 0.507 e. The van der Waals surface area contributed by atoms with Gasteiger partial charge in [0.25, 0.3) is 0 Å². The highest BCUT2D eigenvalue weighted by Crippen LogP contribution is 2.31. The van der Waals surface area contributed by atoms with Crippen molar-refractivity contribution in [3.63, 3.8) is 0 Å². The molecule has 0 aliphatic rings. The molecule has 2 heterocycles. The predicted octanol–water partition coefficient (Wildman–Crippen LogP) is 2.94. The number of nitrogens with two attached hydrogens (primary N) is 1. The number of benzene rings is 1. The molecule has 0 fully saturated rings. The number of aromatic hydroxyl groups is 1. The monoisotopic (exact) mass is 429 g/mol. The lowest BCUT2D eigenvalue weighted by atomic mass is 10.0. The van der Waals surface area contributed by atoms with Crippen molar-refractivity contribution >= 4 is 54.5 Å². The Kier molecular flexibility index (Phi) is 3.78. The molecule has 0 bridgehead atoms. The third kappa shape index (κ3) is 2.34. The fraction of sp³-hybridized carbons (Fsp3) is 0. The fourth-order valence-electron chi connectivity index (χ4n) is 2.22. The van der Waals surface area contributed by atoms with Crippen LogP contribution in [0.5, 0.6) is 5.75 Å². The molecule has 112 valence electrons. The Morgan fingerprint density at radius 1 is 1.45 bits per heavy atom. The molecule has 2 aromatic heterocycles. The number of ketones is 1. The zero-order chi connectivity index (χ0) is 16.0. The number of phenols is 1. The van der Waals surface area contributed by atoms with Crippen molar-refractivity contribution in [1.82, 2.24) is 9.32 Å². The number of phenolic OH excluding ortho intramolecular Hbond substituents is 1. The van der Waals surface area contributed by atoms with E-state index in [-0.39, 0.29) is 11.3 Å². The Balaban J connectivity index is 2.27. The molecule has 0 spiro atoms. The van der Waals surface area contributed by atoms with Gasteiger partial charge in [-0.3, -0.25) is 4.79 Å². The first-order chi connectivity index (χ1) is 10.4. The zero-order valence-electron chi connectivity index (χ0n) is 11.0. The predicted molar refractivity (Wildman–Crippen MR) is 93.5 cm³/mol. The molecule has 3 N–H and O–H groups in total. The van der Waals surface area contributed by atoms with Gasteiger partial charge in [-0.2, -0.15) is 0 Å². The maximum atomic E-state index is 14.1. The molecule has 0 saturated heterocycles. The number of nitrogen functional groups attached to an aromatic ring is 1. The van der Waals surface area contributed by atoms with Gasteiger partial charge in [0.15, 0.2) is 5.82 Å². The summed E-state index contributed by atoms with van der Waals surface area (Å²) in [6, 6.07) is 4.19. The molecule has 1 aromatic carbocycles. The van der Waals surface area contributed by atoms with Crippen LogP contribution in [0.3, 0.4) is 0 Å². The molecule has 0 aliphatic carbocycles. The van der Waals surface area contributed by atoms with Crippen molar-refractivity contribution in [2.45, 2.75) is 0 Å². The Hall–Kier alpha value is -1.73. The highest BCUT2D eigenvalue weighted by Gasteiger charge is 2.24. The summed E-state index contributed by atoms with van der Waals surface area (Å²) < 4.78 is 16.6. The topological polar surface area (TPSA) is 81.1 Å². The van der Waals surface area contributed by atoms with Gasteiger partial charge in [-0.25, -0.2) is 9.37 Å². The lowest BCUT2D eigenvalue weighted by Crippen LogP contribution is -2.06. The number of carbonyl (C=O) groups excluding carboxylic acids is 1. The third-order valence-corrected chi connectivity index (χ3v) is 4.24. The van der Waals surface area contributed by atoms with Crippen LogP contribution in [-0.4, -0.2) is 20.2 Å². The minimum Gasteiger partial charge on any atom is -0.507 e. The van der Waals surface area contributed by atoms with Crippen LogP contribution in [0.4, 0.5) is 10.1 Å². The first kappa shape index (κ1) is 15.2. The average molecular weight is 429 g/mol. The fourth-order valence-corrected chi connectivity index (χ4v) is 3.02. The maximum absolute atomic E-state index is 14.1. The quantitative estimate of drug-likeness (QED) is 0.216. The molecule has 8 heteroatoms. The van der Waals surface area contributed by atoms with Crippen LogP contribution < -0.4 is 5.73 Å². The lowest BCUT2D eigenvalue weighted by molar-refractivity contribution is 0.103. The van der Waals surface area contributed by atoms with Crippen LogP contribution in [-0.2, 0) is 0 Å². The molecule has 0 aliphatic heterocycles. The number of nitrogens with zero attached hydrogens (tertiary/aromatic N) is 2. The molecule has 0 saturated carbocycles. The van der Waals surface area contributed by atoms with E-state index in [1.165, 1.54) is 18.3 Å². The summed E-state index contributed by atoms with van der Waals surface area (Å²) in [5.74, 6) is -2.01. The second-order valence-electron chi connectivity index (χ2n) is 4.67. The SMILES string of the molecule is Nc1ccc(O)c(C(=O)c2cn(P)c3ncc(I)cc23)c1F. The summed E-state index contributed by atoms with van der Waals surface area (Å²) in [6.07, 6.45) is 3.19. The summed E-state index contributed by atoms with van der Waals surface area (Å²) >= 11 is 2.08. The third-order valence-electron chi connectivity index (χ3n) is 3.26. The molecule has 3 aromatic rings. The van der Waals surface area contributed by atoms with E-state index in [2.05, 4.69) is 37.0 Å². The second kappa shape index (κ2) is 5.48. The Morgan fingerprint density at radius 3 is 2.91 bits per heavy atom. The number of carbonyl (C=O) groups is 1. The van der Waals surface area contributed by atoms with Crippen molar-refractivity contribution in [2.24, 2.45) is 0 Å². The number of aromatic nitrogens is 2. The average Bonchev–Trinajstić information content (AvgIpc) is 2.80. The molecule has 0 amide bonds. The Morgan fingerprint density at radius 2 is 2.18 bits per heavy atom. The number of halogens is 2. The van der Waals surface area contributed by atoms with E-state index in [4.69, 9.17) is 5.73 Å². The van der Waals surface area contributed by atoms with E-state index in [9.17, 15) is 14.3 Å². The van der Waals surface area contributed by atoms with E-state index in [0.717, 1.165) is 3.57 Å². The molecule has 22 heavy (non-hydrogen) atoms. The highest BCUT2D eigenvalue weighted by molar-refractivity contribution is 14.1. The zero-order valence-corrected chi connectivity index (χ0v) is 14.4. The maximum Gasteiger partial charge on any atom is 0.202 e. The van der Waals surface area contributed by atoms with Gasteiger partial charge < -0.3 is 15.2 Å². The number of hydrogen-bond acceptors (Lipinski definition) is 4. The van der Waals surface area contributed by atoms with Crippen molar-refractivity contribution in [3.8, 4) is 5.75 Å². The smallest absolute Gasteiger partial charge is 0.202 e. The second-order valence-corrected chi connectivity index (χ2v) is 6.47.